The van der Waals surface area contributed by atoms with Crippen LogP contribution in [0.5, 0.6) is 0 Å². The maximum atomic E-state index is 10.0. The summed E-state index contributed by atoms with van der Waals surface area (Å²) in [4.78, 5) is 20.1. The molecule has 0 saturated carbocycles. The van der Waals surface area contributed by atoms with Gasteiger partial charge in [0.2, 0.25) is 0 Å². The smallest absolute Gasteiger partial charge is 0.548 e. The van der Waals surface area contributed by atoms with E-state index < -0.39 is 11.9 Å². The van der Waals surface area contributed by atoms with Crippen LogP contribution in [-0.2, 0) is 37.3 Å². The van der Waals surface area contributed by atoms with E-state index in [9.17, 15) is 19.8 Å². The average Bonchev–Trinajstić information content (AvgIpc) is 2.93. The van der Waals surface area contributed by atoms with Crippen LogP contribution in [-0.4, -0.2) is 37.1 Å². The third kappa shape index (κ3) is 6.33. The zero-order chi connectivity index (χ0) is 12.0. The van der Waals surface area contributed by atoms with Crippen LogP contribution in [0.15, 0.2) is 0 Å². The molecule has 2 heterocycles. The average molecular weight is 429 g/mol. The Morgan fingerprint density at radius 1 is 0.882 bits per heavy atom. The molecule has 0 aromatic carbocycles. The predicted octanol–water partition coefficient (Wildman–Crippen LogP) is -3.03. The number of carboxylic acid groups (broad SMARTS) is 2. The van der Waals surface area contributed by atoms with Crippen LogP contribution in [0.2, 0.25) is 0 Å². The number of carbonyl (C=O) groups is 2. The van der Waals surface area contributed by atoms with E-state index in [1.165, 1.54) is 0 Å². The minimum Gasteiger partial charge on any atom is -0.548 e. The molecule has 0 unspecified atom stereocenters. The maximum absolute atomic E-state index is 10.0. The number of hydrogen-bond acceptors (Lipinski definition) is 6. The Balaban J connectivity index is 0.000000284. The van der Waals surface area contributed by atoms with Crippen molar-refractivity contribution in [3.8, 4) is 0 Å². The Morgan fingerprint density at radius 2 is 1.24 bits per heavy atom. The molecule has 2 aliphatic rings. The monoisotopic (exact) mass is 430 g/mol. The van der Waals surface area contributed by atoms with Crippen LogP contribution in [0, 0.1) is 0 Å². The Hall–Kier alpha value is -0.205. The summed E-state index contributed by atoms with van der Waals surface area (Å²) in [5.74, 6) is -1.94. The molecule has 0 aromatic heterocycles. The van der Waals surface area contributed by atoms with Gasteiger partial charge in [0.15, 0.2) is 0 Å². The van der Waals surface area contributed by atoms with Gasteiger partial charge in [-0.25, -0.2) is 0 Å². The first-order chi connectivity index (χ1) is 7.61. The van der Waals surface area contributed by atoms with Crippen molar-refractivity contribution in [2.24, 2.45) is 0 Å². The summed E-state index contributed by atoms with van der Waals surface area (Å²) in [7, 11) is 0. The summed E-state index contributed by atoms with van der Waals surface area (Å²) < 4.78 is 0. The standard InChI is InChI=1S/2C5H9NO2.Hg/c2*7-5(8)4-2-1-3-6-4;/h2*4,6H,1-3H2,(H,7,8);/q;;+2/p-2/t2*4-;/m00./s1. The summed E-state index contributed by atoms with van der Waals surface area (Å²) >= 11 is 0. The third-order valence-corrected chi connectivity index (χ3v) is 2.69. The van der Waals surface area contributed by atoms with E-state index >= 15 is 0 Å². The largest absolute Gasteiger partial charge is 2.00 e. The second-order valence-electron chi connectivity index (χ2n) is 3.94. The molecule has 2 saturated heterocycles. The van der Waals surface area contributed by atoms with Crippen LogP contribution in [0.3, 0.4) is 0 Å². The fraction of sp³-hybridized carbons (Fsp3) is 0.800. The van der Waals surface area contributed by atoms with Gasteiger partial charge in [0.05, 0.1) is 11.9 Å². The van der Waals surface area contributed by atoms with Gasteiger partial charge in [-0.1, -0.05) is 0 Å². The fourth-order valence-corrected chi connectivity index (χ4v) is 1.77. The molecular weight excluding hydrogens is 413 g/mol. The molecule has 2 aliphatic heterocycles. The van der Waals surface area contributed by atoms with Crippen LogP contribution in [0.4, 0.5) is 0 Å². The number of carboxylic acids is 2. The Morgan fingerprint density at radius 3 is 1.35 bits per heavy atom. The van der Waals surface area contributed by atoms with Crippen LogP contribution in [0.1, 0.15) is 25.7 Å². The molecule has 0 aromatic rings. The minimum atomic E-state index is -0.970. The molecule has 0 bridgehead atoms. The number of aliphatic carboxylic acids is 2. The van der Waals surface area contributed by atoms with E-state index in [2.05, 4.69) is 10.6 Å². The zero-order valence-electron chi connectivity index (χ0n) is 9.74. The Labute approximate surface area is 121 Å². The first-order valence-electron chi connectivity index (χ1n) is 5.49. The van der Waals surface area contributed by atoms with Crippen molar-refractivity contribution in [1.29, 1.82) is 0 Å². The maximum Gasteiger partial charge on any atom is 2.00 e. The molecule has 2 atom stereocenters. The SMILES string of the molecule is O=C([O-])[C@@H]1CCCN1.O=C([O-])[C@@H]1CCCN1.[Hg+2]. The summed E-state index contributed by atoms with van der Waals surface area (Å²) in [6.07, 6.45) is 3.36. The van der Waals surface area contributed by atoms with Crippen molar-refractivity contribution < 1.29 is 47.5 Å². The number of hydrogen-bond donors (Lipinski definition) is 2. The van der Waals surface area contributed by atoms with Gasteiger partial charge >= 0.3 is 27.7 Å². The molecule has 2 rings (SSSR count). The molecular formula is C10H16HgN2O4. The molecule has 92 valence electrons. The summed E-state index contributed by atoms with van der Waals surface area (Å²) in [5, 5.41) is 25.6. The van der Waals surface area contributed by atoms with E-state index in [0.29, 0.717) is 0 Å². The number of carbonyl (C=O) groups excluding carboxylic acids is 2. The number of nitrogens with one attached hydrogen (secondary N) is 2. The normalized spacial score (nSPS) is 26.6. The van der Waals surface area contributed by atoms with Gasteiger partial charge in [0, 0.05) is 12.1 Å². The van der Waals surface area contributed by atoms with Crippen molar-refractivity contribution >= 4 is 11.9 Å². The first kappa shape index (κ1) is 16.8. The van der Waals surface area contributed by atoms with Gasteiger partial charge in [-0.2, -0.15) is 0 Å². The number of rotatable bonds is 2. The predicted molar refractivity (Wildman–Crippen MR) is 52.1 cm³/mol. The quantitative estimate of drug-likeness (QED) is 0.454. The van der Waals surface area contributed by atoms with E-state index in [-0.39, 0.29) is 39.8 Å². The second-order valence-corrected chi connectivity index (χ2v) is 3.94. The summed E-state index contributed by atoms with van der Waals surface area (Å²) in [6.45, 7) is 1.64. The van der Waals surface area contributed by atoms with Gasteiger partial charge in [0.25, 0.3) is 0 Å². The molecule has 2 N–H and O–H groups in total. The van der Waals surface area contributed by atoms with Crippen LogP contribution < -0.4 is 20.8 Å². The summed E-state index contributed by atoms with van der Waals surface area (Å²) in [5.41, 5.74) is 0. The van der Waals surface area contributed by atoms with Crippen molar-refractivity contribution in [3.05, 3.63) is 0 Å². The Kier molecular flexibility index (Phi) is 8.72. The summed E-state index contributed by atoms with van der Waals surface area (Å²) in [6, 6.07) is -0.759. The molecule has 0 aliphatic carbocycles. The van der Waals surface area contributed by atoms with Crippen molar-refractivity contribution in [1.82, 2.24) is 10.6 Å². The minimum absolute atomic E-state index is 0. The molecule has 17 heavy (non-hydrogen) atoms. The molecule has 7 heteroatoms. The van der Waals surface area contributed by atoms with Crippen molar-refractivity contribution in [3.63, 3.8) is 0 Å². The molecule has 6 nitrogen and oxygen atoms in total. The zero-order valence-corrected chi connectivity index (χ0v) is 15.2. The fourth-order valence-electron chi connectivity index (χ4n) is 1.77. The molecule has 0 amide bonds. The van der Waals surface area contributed by atoms with Gasteiger partial charge in [-0.15, -0.1) is 0 Å². The van der Waals surface area contributed by atoms with Crippen LogP contribution in [0.25, 0.3) is 0 Å². The second kappa shape index (κ2) is 8.82. The molecule has 0 radical (unpaired) electrons. The van der Waals surface area contributed by atoms with E-state index in [1.54, 1.807) is 0 Å². The van der Waals surface area contributed by atoms with Crippen LogP contribution >= 0.6 is 0 Å². The van der Waals surface area contributed by atoms with Gasteiger partial charge in [0.1, 0.15) is 0 Å². The molecule has 0 spiro atoms. The first-order valence-corrected chi connectivity index (χ1v) is 5.49. The Bertz CT molecular complexity index is 225. The van der Waals surface area contributed by atoms with Crippen molar-refractivity contribution in [2.75, 3.05) is 13.1 Å². The van der Waals surface area contributed by atoms with Gasteiger partial charge < -0.3 is 30.4 Å². The van der Waals surface area contributed by atoms with E-state index in [1.807, 2.05) is 0 Å². The van der Waals surface area contributed by atoms with Gasteiger partial charge in [-0.05, 0) is 38.8 Å². The molecule has 2 fully saturated rings. The third-order valence-electron chi connectivity index (χ3n) is 2.69. The topological polar surface area (TPSA) is 104 Å². The van der Waals surface area contributed by atoms with E-state index in [4.69, 9.17) is 0 Å². The van der Waals surface area contributed by atoms with Crippen molar-refractivity contribution in [2.45, 2.75) is 37.8 Å². The van der Waals surface area contributed by atoms with Gasteiger partial charge in [-0.3, -0.25) is 0 Å². The van der Waals surface area contributed by atoms with E-state index in [0.717, 1.165) is 38.8 Å².